The van der Waals surface area contributed by atoms with Crippen molar-refractivity contribution in [2.75, 3.05) is 0 Å². The Morgan fingerprint density at radius 3 is 3.00 bits per heavy atom. The van der Waals surface area contributed by atoms with Crippen LogP contribution in [-0.4, -0.2) is 21.0 Å². The van der Waals surface area contributed by atoms with Gasteiger partial charge in [-0.15, -0.1) is 0 Å². The fraction of sp³-hybridized carbons (Fsp3) is 0.500. The van der Waals surface area contributed by atoms with Gasteiger partial charge in [-0.05, 0) is 10.3 Å². The van der Waals surface area contributed by atoms with E-state index in [9.17, 15) is 14.9 Å². The molecule has 7 heteroatoms. The normalized spacial score (nSPS) is 21.2. The second-order valence-electron chi connectivity index (χ2n) is 2.76. The zero-order chi connectivity index (χ0) is 9.42. The van der Waals surface area contributed by atoms with Gasteiger partial charge in [0, 0.05) is 17.8 Å². The topological polar surface area (TPSA) is 99.1 Å². The number of nitro groups is 1. The van der Waals surface area contributed by atoms with Crippen molar-refractivity contribution < 1.29 is 14.3 Å². The van der Waals surface area contributed by atoms with Crippen LogP contribution in [0.25, 0.3) is 0 Å². The van der Waals surface area contributed by atoms with E-state index in [2.05, 4.69) is 14.9 Å². The Labute approximate surface area is 71.8 Å². The predicted molar refractivity (Wildman–Crippen MR) is 37.6 cm³/mol. The summed E-state index contributed by atoms with van der Waals surface area (Å²) in [5.41, 5.74) is 0.0641. The highest BCUT2D eigenvalue weighted by molar-refractivity contribution is 5.96. The van der Waals surface area contributed by atoms with Crippen LogP contribution in [0.15, 0.2) is 4.63 Å². The minimum atomic E-state index is -0.945. The van der Waals surface area contributed by atoms with Gasteiger partial charge >= 0.3 is 0 Å². The Balaban J connectivity index is 2.46. The van der Waals surface area contributed by atoms with Gasteiger partial charge in [-0.2, -0.15) is 0 Å². The van der Waals surface area contributed by atoms with Crippen molar-refractivity contribution in [3.8, 4) is 0 Å². The van der Waals surface area contributed by atoms with E-state index >= 15 is 0 Å². The van der Waals surface area contributed by atoms with Crippen molar-refractivity contribution in [2.24, 2.45) is 0 Å². The monoisotopic (exact) mass is 183 g/mol. The molecule has 7 nitrogen and oxygen atoms in total. The Hall–Kier alpha value is -1.79. The standard InChI is InChI=1S/C6H5N3O4/c10-4-2-1-3(9(11)12)5-6(4)8-13-7-5/h3H,1-2H2. The quantitative estimate of drug-likeness (QED) is 0.460. The van der Waals surface area contributed by atoms with Crippen molar-refractivity contribution in [1.29, 1.82) is 0 Å². The molecule has 0 spiro atoms. The van der Waals surface area contributed by atoms with Gasteiger partial charge in [0.05, 0.1) is 0 Å². The number of nitrogens with zero attached hydrogens (tertiary/aromatic N) is 3. The molecule has 1 aliphatic rings. The molecule has 1 aromatic heterocycles. The minimum absolute atomic E-state index is 0.00736. The maximum Gasteiger partial charge on any atom is 0.260 e. The number of carbonyl (C=O) groups excluding carboxylic acids is 1. The first kappa shape index (κ1) is 7.84. The molecule has 0 N–H and O–H groups in total. The maximum atomic E-state index is 11.1. The van der Waals surface area contributed by atoms with E-state index in [1.807, 2.05) is 0 Å². The molecular formula is C6H5N3O4. The molecule has 0 radical (unpaired) electrons. The first-order chi connectivity index (χ1) is 6.20. The molecule has 0 aliphatic heterocycles. The van der Waals surface area contributed by atoms with Crippen LogP contribution in [0.5, 0.6) is 0 Å². The van der Waals surface area contributed by atoms with E-state index < -0.39 is 11.0 Å². The fourth-order valence-corrected chi connectivity index (χ4v) is 1.34. The molecule has 1 unspecified atom stereocenters. The molecule has 0 bridgehead atoms. The lowest BCUT2D eigenvalue weighted by molar-refractivity contribution is -0.531. The van der Waals surface area contributed by atoms with Gasteiger partial charge in [-0.25, -0.2) is 4.63 Å². The molecule has 0 amide bonds. The first-order valence-corrected chi connectivity index (χ1v) is 3.69. The lowest BCUT2D eigenvalue weighted by atomic mass is 9.96. The van der Waals surface area contributed by atoms with Gasteiger partial charge in [0.1, 0.15) is 0 Å². The summed E-state index contributed by atoms with van der Waals surface area (Å²) < 4.78 is 4.29. The van der Waals surface area contributed by atoms with Crippen LogP contribution in [0.4, 0.5) is 0 Å². The molecule has 68 valence electrons. The summed E-state index contributed by atoms with van der Waals surface area (Å²) >= 11 is 0. The summed E-state index contributed by atoms with van der Waals surface area (Å²) in [6.45, 7) is 0. The van der Waals surface area contributed by atoms with Gasteiger partial charge in [0.2, 0.25) is 0 Å². The highest BCUT2D eigenvalue weighted by Gasteiger charge is 2.38. The third-order valence-corrected chi connectivity index (χ3v) is 1.99. The summed E-state index contributed by atoms with van der Waals surface area (Å²) in [5.74, 6) is -0.241. The Bertz CT molecular complexity index is 372. The van der Waals surface area contributed by atoms with Gasteiger partial charge in [0.15, 0.2) is 17.2 Å². The summed E-state index contributed by atoms with van der Waals surface area (Å²) in [6, 6.07) is -0.945. The summed E-state index contributed by atoms with van der Waals surface area (Å²) in [6.07, 6.45) is 0.305. The molecule has 2 rings (SSSR count). The van der Waals surface area contributed by atoms with E-state index in [0.717, 1.165) is 0 Å². The largest absolute Gasteiger partial charge is 0.292 e. The van der Waals surface area contributed by atoms with Crippen LogP contribution in [0.3, 0.4) is 0 Å². The molecular weight excluding hydrogens is 178 g/mol. The second-order valence-corrected chi connectivity index (χ2v) is 2.76. The van der Waals surface area contributed by atoms with Gasteiger partial charge < -0.3 is 0 Å². The van der Waals surface area contributed by atoms with E-state index in [4.69, 9.17) is 0 Å². The molecule has 1 aromatic rings. The van der Waals surface area contributed by atoms with Crippen LogP contribution in [0, 0.1) is 10.1 Å². The maximum absolute atomic E-state index is 11.1. The average molecular weight is 183 g/mol. The first-order valence-electron chi connectivity index (χ1n) is 3.69. The van der Waals surface area contributed by atoms with Gasteiger partial charge in [-0.1, -0.05) is 0 Å². The second kappa shape index (κ2) is 2.61. The van der Waals surface area contributed by atoms with Crippen LogP contribution < -0.4 is 0 Å². The van der Waals surface area contributed by atoms with Gasteiger partial charge in [0.25, 0.3) is 6.04 Å². The van der Waals surface area contributed by atoms with Gasteiger partial charge in [-0.3, -0.25) is 14.9 Å². The zero-order valence-corrected chi connectivity index (χ0v) is 6.47. The zero-order valence-electron chi connectivity index (χ0n) is 6.47. The molecule has 0 saturated carbocycles. The number of hydrogen-bond acceptors (Lipinski definition) is 6. The number of fused-ring (bicyclic) bond motifs is 1. The summed E-state index contributed by atoms with van der Waals surface area (Å²) in [7, 11) is 0. The third kappa shape index (κ3) is 1.08. The Kier molecular flexibility index (Phi) is 1.57. The molecule has 1 atom stereocenters. The molecule has 1 aliphatic carbocycles. The number of aromatic nitrogens is 2. The minimum Gasteiger partial charge on any atom is -0.292 e. The van der Waals surface area contributed by atoms with Crippen LogP contribution in [0.2, 0.25) is 0 Å². The van der Waals surface area contributed by atoms with E-state index in [0.29, 0.717) is 0 Å². The fourth-order valence-electron chi connectivity index (χ4n) is 1.34. The average Bonchev–Trinajstić information content (AvgIpc) is 2.53. The van der Waals surface area contributed by atoms with E-state index in [1.54, 1.807) is 0 Å². The van der Waals surface area contributed by atoms with Crippen LogP contribution in [-0.2, 0) is 0 Å². The highest BCUT2D eigenvalue weighted by atomic mass is 16.6. The molecule has 0 saturated heterocycles. The number of ketones is 1. The Morgan fingerprint density at radius 2 is 2.31 bits per heavy atom. The molecule has 0 fully saturated rings. The SMILES string of the molecule is O=C1CCC([N+](=O)[O-])c2nonc21. The van der Waals surface area contributed by atoms with Crippen molar-refractivity contribution in [2.45, 2.75) is 18.9 Å². The summed E-state index contributed by atoms with van der Waals surface area (Å²) in [4.78, 5) is 21.2. The van der Waals surface area contributed by atoms with Crippen molar-refractivity contribution in [3.05, 3.63) is 21.5 Å². The predicted octanol–water partition coefficient (Wildman–Crippen LogP) is 0.364. The highest BCUT2D eigenvalue weighted by Crippen LogP contribution is 2.28. The number of rotatable bonds is 1. The smallest absolute Gasteiger partial charge is 0.260 e. The molecule has 13 heavy (non-hydrogen) atoms. The van der Waals surface area contributed by atoms with Crippen LogP contribution >= 0.6 is 0 Å². The number of carbonyl (C=O) groups is 1. The van der Waals surface area contributed by atoms with Crippen LogP contribution in [0.1, 0.15) is 35.1 Å². The van der Waals surface area contributed by atoms with E-state index in [-0.39, 0.29) is 30.0 Å². The lowest BCUT2D eigenvalue weighted by Crippen LogP contribution is -2.21. The van der Waals surface area contributed by atoms with Crippen molar-refractivity contribution in [3.63, 3.8) is 0 Å². The van der Waals surface area contributed by atoms with Crippen molar-refractivity contribution >= 4 is 5.78 Å². The Morgan fingerprint density at radius 1 is 1.54 bits per heavy atom. The molecule has 1 heterocycles. The lowest BCUT2D eigenvalue weighted by Gasteiger charge is -2.10. The summed E-state index contributed by atoms with van der Waals surface area (Å²) in [5, 5.41) is 17.2. The van der Waals surface area contributed by atoms with E-state index in [1.165, 1.54) is 0 Å². The third-order valence-electron chi connectivity index (χ3n) is 1.99. The van der Waals surface area contributed by atoms with Crippen molar-refractivity contribution in [1.82, 2.24) is 10.3 Å². The number of Topliss-reactive ketones (excluding diaryl/α,β-unsaturated/α-hetero) is 1. The molecule has 0 aromatic carbocycles. The number of hydrogen-bond donors (Lipinski definition) is 0.